The summed E-state index contributed by atoms with van der Waals surface area (Å²) in [5, 5.41) is 10.6. The zero-order valence-corrected chi connectivity index (χ0v) is 16.2. The Morgan fingerprint density at radius 1 is 1.18 bits per heavy atom. The lowest BCUT2D eigenvalue weighted by atomic mass is 10.2. The molecule has 1 aromatic heterocycles. The molecule has 0 bridgehead atoms. The molecule has 0 radical (unpaired) electrons. The number of carbonyl (C=O) groups is 1. The van der Waals surface area contributed by atoms with Crippen LogP contribution in [0.25, 0.3) is 0 Å². The number of anilines is 1. The molecular weight excluding hydrogens is 400 g/mol. The standard InChI is InChI=1S/C19H14N2O5S2/c1-26-16-11-14(19(22)23)8-9-15(16)21-28(24,25)18-12-27-17(20-18)10-7-13-5-3-2-4-6-13/h2-6,8-9,11-12,21H,1H3,(H,22,23). The number of methoxy groups -OCH3 is 1. The number of nitrogens with zero attached hydrogens (tertiary/aromatic N) is 1. The maximum absolute atomic E-state index is 12.6. The van der Waals surface area contributed by atoms with E-state index < -0.39 is 16.0 Å². The van der Waals surface area contributed by atoms with Gasteiger partial charge in [-0.15, -0.1) is 11.3 Å². The van der Waals surface area contributed by atoms with Crippen molar-refractivity contribution in [2.75, 3.05) is 11.8 Å². The summed E-state index contributed by atoms with van der Waals surface area (Å²) >= 11 is 1.11. The number of ether oxygens (including phenoxy) is 1. The number of benzene rings is 2. The monoisotopic (exact) mass is 414 g/mol. The van der Waals surface area contributed by atoms with Gasteiger partial charge in [-0.3, -0.25) is 4.72 Å². The maximum Gasteiger partial charge on any atom is 0.335 e. The van der Waals surface area contributed by atoms with E-state index in [0.717, 1.165) is 16.9 Å². The van der Waals surface area contributed by atoms with Gasteiger partial charge in [0.1, 0.15) is 5.75 Å². The highest BCUT2D eigenvalue weighted by Crippen LogP contribution is 2.28. The van der Waals surface area contributed by atoms with Crippen LogP contribution in [0.2, 0.25) is 0 Å². The highest BCUT2D eigenvalue weighted by Gasteiger charge is 2.20. The third-order valence-electron chi connectivity index (χ3n) is 3.54. The number of thiazole rings is 1. The summed E-state index contributed by atoms with van der Waals surface area (Å²) in [7, 11) is -2.67. The molecule has 0 spiro atoms. The van der Waals surface area contributed by atoms with E-state index in [1.165, 1.54) is 30.7 Å². The van der Waals surface area contributed by atoms with Gasteiger partial charge in [-0.25, -0.2) is 9.78 Å². The molecule has 2 N–H and O–H groups in total. The molecule has 9 heteroatoms. The highest BCUT2D eigenvalue weighted by atomic mass is 32.2. The molecule has 3 rings (SSSR count). The van der Waals surface area contributed by atoms with Gasteiger partial charge in [-0.1, -0.05) is 24.1 Å². The number of aromatic carboxylic acids is 1. The number of sulfonamides is 1. The summed E-state index contributed by atoms with van der Waals surface area (Å²) in [6.07, 6.45) is 0. The highest BCUT2D eigenvalue weighted by molar-refractivity contribution is 7.92. The Hall–Kier alpha value is -3.35. The van der Waals surface area contributed by atoms with E-state index in [2.05, 4.69) is 21.5 Å². The van der Waals surface area contributed by atoms with Gasteiger partial charge in [0.05, 0.1) is 18.4 Å². The minimum absolute atomic E-state index is 0.0214. The Morgan fingerprint density at radius 3 is 2.61 bits per heavy atom. The van der Waals surface area contributed by atoms with Crippen molar-refractivity contribution in [1.82, 2.24) is 4.98 Å². The van der Waals surface area contributed by atoms with Crippen LogP contribution in [0.3, 0.4) is 0 Å². The minimum Gasteiger partial charge on any atom is -0.495 e. The van der Waals surface area contributed by atoms with Crippen molar-refractivity contribution in [2.45, 2.75) is 5.03 Å². The summed E-state index contributed by atoms with van der Waals surface area (Å²) in [5.41, 5.74) is 0.882. The van der Waals surface area contributed by atoms with Crippen LogP contribution in [0.15, 0.2) is 58.9 Å². The molecule has 0 atom stereocenters. The van der Waals surface area contributed by atoms with Gasteiger partial charge >= 0.3 is 5.97 Å². The Balaban J connectivity index is 1.84. The first-order chi connectivity index (χ1) is 13.4. The molecule has 2 aromatic carbocycles. The molecule has 1 heterocycles. The van der Waals surface area contributed by atoms with Gasteiger partial charge in [0.15, 0.2) is 10.0 Å². The second-order valence-electron chi connectivity index (χ2n) is 5.43. The fraction of sp³-hybridized carbons (Fsp3) is 0.0526. The minimum atomic E-state index is -3.99. The van der Waals surface area contributed by atoms with Gasteiger partial charge in [-0.05, 0) is 36.3 Å². The summed E-state index contributed by atoms with van der Waals surface area (Å²) in [5.74, 6) is 4.69. The molecule has 0 aliphatic rings. The lowest BCUT2D eigenvalue weighted by molar-refractivity contribution is 0.0696. The molecule has 0 saturated carbocycles. The van der Waals surface area contributed by atoms with Crippen molar-refractivity contribution in [3.05, 3.63) is 70.0 Å². The van der Waals surface area contributed by atoms with Gasteiger partial charge in [0.25, 0.3) is 10.0 Å². The molecular formula is C19H14N2O5S2. The summed E-state index contributed by atoms with van der Waals surface area (Å²) in [4.78, 5) is 15.1. The number of rotatable bonds is 5. The van der Waals surface area contributed by atoms with Crippen LogP contribution in [0.4, 0.5) is 5.69 Å². The Kier molecular flexibility index (Phi) is 5.63. The van der Waals surface area contributed by atoms with E-state index in [1.54, 1.807) is 0 Å². The van der Waals surface area contributed by atoms with Crippen molar-refractivity contribution in [2.24, 2.45) is 0 Å². The molecule has 0 fully saturated rings. The Bertz CT molecular complexity index is 1180. The predicted octanol–water partition coefficient (Wildman–Crippen LogP) is 3.05. The molecule has 7 nitrogen and oxygen atoms in total. The van der Waals surface area contributed by atoms with Crippen LogP contribution in [-0.2, 0) is 10.0 Å². The number of hydrogen-bond acceptors (Lipinski definition) is 6. The number of carboxylic acids is 1. The van der Waals surface area contributed by atoms with Gasteiger partial charge < -0.3 is 9.84 Å². The topological polar surface area (TPSA) is 106 Å². The molecule has 142 valence electrons. The van der Waals surface area contributed by atoms with Gasteiger partial charge in [0.2, 0.25) is 0 Å². The van der Waals surface area contributed by atoms with E-state index in [-0.39, 0.29) is 22.0 Å². The van der Waals surface area contributed by atoms with Gasteiger partial charge in [0, 0.05) is 10.9 Å². The predicted molar refractivity (Wildman–Crippen MR) is 105 cm³/mol. The Morgan fingerprint density at radius 2 is 1.93 bits per heavy atom. The van der Waals surface area contributed by atoms with Crippen LogP contribution in [0.5, 0.6) is 5.75 Å². The molecule has 0 amide bonds. The fourth-order valence-electron chi connectivity index (χ4n) is 2.19. The SMILES string of the molecule is COc1cc(C(=O)O)ccc1NS(=O)(=O)c1csc(C#Cc2ccccc2)n1. The lowest BCUT2D eigenvalue weighted by Gasteiger charge is -2.11. The molecule has 0 saturated heterocycles. The van der Waals surface area contributed by atoms with Crippen LogP contribution in [-0.4, -0.2) is 31.6 Å². The van der Waals surface area contributed by atoms with E-state index in [4.69, 9.17) is 9.84 Å². The molecule has 0 aliphatic carbocycles. The van der Waals surface area contributed by atoms with Crippen molar-refractivity contribution in [3.8, 4) is 17.6 Å². The normalized spacial score (nSPS) is 10.6. The van der Waals surface area contributed by atoms with Crippen LogP contribution < -0.4 is 9.46 Å². The van der Waals surface area contributed by atoms with E-state index >= 15 is 0 Å². The van der Waals surface area contributed by atoms with Crippen molar-refractivity contribution >= 4 is 33.0 Å². The number of hydrogen-bond donors (Lipinski definition) is 2. The third kappa shape index (κ3) is 4.49. The summed E-state index contributed by atoms with van der Waals surface area (Å²) in [6.45, 7) is 0. The second-order valence-corrected chi connectivity index (χ2v) is 7.92. The summed E-state index contributed by atoms with van der Waals surface area (Å²) in [6, 6.07) is 13.1. The van der Waals surface area contributed by atoms with Crippen molar-refractivity contribution < 1.29 is 23.1 Å². The second kappa shape index (κ2) is 8.12. The molecule has 0 aliphatic heterocycles. The molecule has 3 aromatic rings. The first-order valence-corrected chi connectivity index (χ1v) is 10.2. The first kappa shape index (κ1) is 19.4. The lowest BCUT2D eigenvalue weighted by Crippen LogP contribution is -2.14. The zero-order chi connectivity index (χ0) is 20.1. The first-order valence-electron chi connectivity index (χ1n) is 7.86. The largest absolute Gasteiger partial charge is 0.495 e. The maximum atomic E-state index is 12.6. The van der Waals surface area contributed by atoms with Crippen molar-refractivity contribution in [3.63, 3.8) is 0 Å². The van der Waals surface area contributed by atoms with Crippen LogP contribution in [0, 0.1) is 11.8 Å². The van der Waals surface area contributed by atoms with Crippen LogP contribution in [0.1, 0.15) is 20.9 Å². The number of carboxylic acid groups (broad SMARTS) is 1. The van der Waals surface area contributed by atoms with E-state index in [0.29, 0.717) is 5.01 Å². The fourth-order valence-corrected chi connectivity index (χ4v) is 4.20. The third-order valence-corrected chi connectivity index (χ3v) is 5.69. The van der Waals surface area contributed by atoms with E-state index in [9.17, 15) is 13.2 Å². The van der Waals surface area contributed by atoms with E-state index in [1.807, 2.05) is 30.3 Å². The smallest absolute Gasteiger partial charge is 0.335 e. The summed E-state index contributed by atoms with van der Waals surface area (Å²) < 4.78 is 32.6. The molecule has 0 unspecified atom stereocenters. The Labute approximate surface area is 165 Å². The number of aromatic nitrogens is 1. The number of nitrogens with one attached hydrogen (secondary N) is 1. The average Bonchev–Trinajstić information content (AvgIpc) is 3.17. The van der Waals surface area contributed by atoms with Crippen molar-refractivity contribution in [1.29, 1.82) is 0 Å². The average molecular weight is 414 g/mol. The van der Waals surface area contributed by atoms with Gasteiger partial charge in [-0.2, -0.15) is 8.42 Å². The zero-order valence-electron chi connectivity index (χ0n) is 14.5. The molecule has 28 heavy (non-hydrogen) atoms. The quantitative estimate of drug-likeness (QED) is 0.622. The van der Waals surface area contributed by atoms with Crippen LogP contribution >= 0.6 is 11.3 Å².